The molecule has 2 atom stereocenters. The second kappa shape index (κ2) is 10.4. The molecule has 1 N–H and O–H groups in total. The van der Waals surface area contributed by atoms with Gasteiger partial charge in [-0.25, -0.2) is 0 Å². The van der Waals surface area contributed by atoms with Crippen molar-refractivity contribution in [2.24, 2.45) is 5.41 Å². The van der Waals surface area contributed by atoms with E-state index in [2.05, 4.69) is 90.2 Å². The molecule has 1 aromatic heterocycles. The number of pyridine rings is 1. The summed E-state index contributed by atoms with van der Waals surface area (Å²) in [6, 6.07) is 10.2. The molecule has 0 saturated carbocycles. The Hall–Kier alpha value is -1.27. The van der Waals surface area contributed by atoms with E-state index in [1.807, 2.05) is 38.1 Å². The molecule has 1 aliphatic carbocycles. The van der Waals surface area contributed by atoms with Gasteiger partial charge in [0.2, 0.25) is 0 Å². The zero-order chi connectivity index (χ0) is 28.1. The fraction of sp³-hybridized carbons (Fsp3) is 0.613. The average Bonchev–Trinajstić information content (AvgIpc) is 2.76. The van der Waals surface area contributed by atoms with Gasteiger partial charge in [-0.2, -0.15) is 5.26 Å². The van der Waals surface area contributed by atoms with Crippen LogP contribution in [0.15, 0.2) is 24.3 Å². The van der Waals surface area contributed by atoms with Crippen LogP contribution in [0.5, 0.6) is 0 Å². The quantitative estimate of drug-likeness (QED) is 0.256. The van der Waals surface area contributed by atoms with Crippen LogP contribution in [-0.2, 0) is 16.3 Å². The number of nitriles is 1. The third-order valence-electron chi connectivity index (χ3n) is 8.31. The van der Waals surface area contributed by atoms with Crippen molar-refractivity contribution in [1.82, 2.24) is 4.98 Å². The summed E-state index contributed by atoms with van der Waals surface area (Å²) in [5.41, 5.74) is 5.42. The number of halogens is 1. The monoisotopic (exact) mass is 632 g/mol. The minimum absolute atomic E-state index is 0.0370. The molecule has 1 heterocycles. The van der Waals surface area contributed by atoms with E-state index >= 15 is 0 Å². The maximum atomic E-state index is 11.8. The first kappa shape index (κ1) is 30.3. The molecule has 0 unspecified atom stereocenters. The van der Waals surface area contributed by atoms with E-state index in [1.54, 1.807) is 0 Å². The van der Waals surface area contributed by atoms with Gasteiger partial charge < -0.3 is 9.53 Å². The van der Waals surface area contributed by atoms with Crippen molar-refractivity contribution in [2.45, 2.75) is 117 Å². The molecule has 4 nitrogen and oxygen atoms in total. The molecule has 2 aromatic rings. The number of rotatable bonds is 6. The Bertz CT molecular complexity index is 1190. The van der Waals surface area contributed by atoms with Crippen LogP contribution in [0.4, 0.5) is 0 Å². The van der Waals surface area contributed by atoms with Gasteiger partial charge in [-0.3, -0.25) is 4.98 Å². The van der Waals surface area contributed by atoms with Crippen LogP contribution in [-0.4, -0.2) is 18.4 Å². The number of aliphatic hydroxyl groups is 1. The van der Waals surface area contributed by atoms with Crippen molar-refractivity contribution in [3.05, 3.63) is 61.5 Å². The Morgan fingerprint density at radius 1 is 1.14 bits per heavy atom. The van der Waals surface area contributed by atoms with Gasteiger partial charge in [0, 0.05) is 20.4 Å². The number of benzene rings is 1. The van der Waals surface area contributed by atoms with Crippen LogP contribution in [0, 0.1) is 20.3 Å². The third-order valence-corrected chi connectivity index (χ3v) is 14.0. The summed E-state index contributed by atoms with van der Waals surface area (Å²) in [7, 11) is -2.04. The van der Waals surface area contributed by atoms with Gasteiger partial charge in [0.05, 0.1) is 23.3 Å². The lowest BCUT2D eigenvalue weighted by molar-refractivity contribution is 0.104. The smallest absolute Gasteiger partial charge is 0.192 e. The summed E-state index contributed by atoms with van der Waals surface area (Å²) in [6.07, 6.45) is 1.01. The number of hydrogen-bond acceptors (Lipinski definition) is 4. The molecular weight excluding hydrogens is 587 g/mol. The maximum absolute atomic E-state index is 11.8. The highest BCUT2D eigenvalue weighted by Gasteiger charge is 2.44. The van der Waals surface area contributed by atoms with E-state index in [-0.39, 0.29) is 22.5 Å². The Balaban J connectivity index is 2.18. The fourth-order valence-corrected chi connectivity index (χ4v) is 7.38. The summed E-state index contributed by atoms with van der Waals surface area (Å²) in [5.74, 6) is 0.171. The van der Waals surface area contributed by atoms with E-state index in [9.17, 15) is 10.4 Å². The Morgan fingerprint density at radius 3 is 2.19 bits per heavy atom. The van der Waals surface area contributed by atoms with E-state index in [1.165, 1.54) is 5.56 Å². The topological polar surface area (TPSA) is 66.1 Å². The van der Waals surface area contributed by atoms with Gasteiger partial charge in [-0.05, 0) is 89.9 Å². The number of aliphatic hydroxyl groups excluding tert-OH is 1. The van der Waals surface area contributed by atoms with Gasteiger partial charge >= 0.3 is 0 Å². The molecule has 0 fully saturated rings. The van der Waals surface area contributed by atoms with Crippen LogP contribution in [0.1, 0.15) is 121 Å². The van der Waals surface area contributed by atoms with Crippen molar-refractivity contribution < 1.29 is 9.53 Å². The molecule has 3 rings (SSSR count). The SMILES string of the molecule is CC(C)c1nc2c(c(I)c1[C@H](O)c1ccc(C(C)(C)C#N)cc1)[C@@H](O[Si](C)(C)C(C)(C)C)CC(C)(C)C2. The van der Waals surface area contributed by atoms with Gasteiger partial charge in [0.1, 0.15) is 6.10 Å². The Morgan fingerprint density at radius 2 is 1.70 bits per heavy atom. The maximum Gasteiger partial charge on any atom is 0.192 e. The molecule has 6 heteroatoms. The number of fused-ring (bicyclic) bond motifs is 1. The fourth-order valence-electron chi connectivity index (χ4n) is 4.89. The van der Waals surface area contributed by atoms with Gasteiger partial charge in [-0.15, -0.1) is 0 Å². The predicted octanol–water partition coefficient (Wildman–Crippen LogP) is 8.73. The van der Waals surface area contributed by atoms with Gasteiger partial charge in [-0.1, -0.05) is 72.7 Å². The molecule has 202 valence electrons. The lowest BCUT2D eigenvalue weighted by Gasteiger charge is -2.44. The van der Waals surface area contributed by atoms with E-state index in [0.29, 0.717) is 0 Å². The third kappa shape index (κ3) is 6.16. The normalized spacial score (nSPS) is 18.9. The number of nitrogens with zero attached hydrogens (tertiary/aromatic N) is 2. The standard InChI is InChI=1S/C31H45IN2O2Si/c1-19(2)27-25(28(35)20-12-14-21(15-13-20)31(8,9)18-33)26(32)24-22(34-27)16-30(6,7)17-23(24)36-37(10,11)29(3,4)5/h12-15,19,23,28,35H,16-17H2,1-11H3/t23-,28+/m0/s1. The molecule has 0 radical (unpaired) electrons. The molecule has 0 spiro atoms. The second-order valence-corrected chi connectivity index (χ2v) is 19.7. The van der Waals surface area contributed by atoms with E-state index in [4.69, 9.17) is 9.41 Å². The van der Waals surface area contributed by atoms with E-state index in [0.717, 1.165) is 44.5 Å². The molecule has 0 aliphatic heterocycles. The van der Waals surface area contributed by atoms with Crippen LogP contribution in [0.25, 0.3) is 0 Å². The first-order valence-electron chi connectivity index (χ1n) is 13.4. The lowest BCUT2D eigenvalue weighted by Crippen LogP contribution is -2.44. The molecule has 0 saturated heterocycles. The molecule has 1 aliphatic rings. The van der Waals surface area contributed by atoms with Crippen LogP contribution in [0.3, 0.4) is 0 Å². The minimum Gasteiger partial charge on any atom is -0.410 e. The molecule has 1 aromatic carbocycles. The largest absolute Gasteiger partial charge is 0.410 e. The van der Waals surface area contributed by atoms with Crippen LogP contribution in [0.2, 0.25) is 18.1 Å². The molecule has 37 heavy (non-hydrogen) atoms. The first-order chi connectivity index (χ1) is 16.8. The Kier molecular flexibility index (Phi) is 8.48. The van der Waals surface area contributed by atoms with Crippen LogP contribution >= 0.6 is 22.6 Å². The van der Waals surface area contributed by atoms with E-state index < -0.39 is 19.8 Å². The summed E-state index contributed by atoms with van der Waals surface area (Å²) in [6.45, 7) is 24.2. The highest BCUT2D eigenvalue weighted by Crippen LogP contribution is 2.50. The molecule has 0 bridgehead atoms. The first-order valence-corrected chi connectivity index (χ1v) is 17.4. The van der Waals surface area contributed by atoms with Crippen molar-refractivity contribution >= 4 is 30.9 Å². The second-order valence-electron chi connectivity index (χ2n) is 13.9. The minimum atomic E-state index is -2.04. The predicted molar refractivity (Wildman–Crippen MR) is 163 cm³/mol. The van der Waals surface area contributed by atoms with Crippen LogP contribution < -0.4 is 0 Å². The molecular formula is C31H45IN2O2Si. The molecule has 0 amide bonds. The van der Waals surface area contributed by atoms with Crippen molar-refractivity contribution in [1.29, 1.82) is 5.26 Å². The summed E-state index contributed by atoms with van der Waals surface area (Å²) < 4.78 is 8.16. The van der Waals surface area contributed by atoms with Gasteiger partial charge in [0.15, 0.2) is 8.32 Å². The number of hydrogen-bond donors (Lipinski definition) is 1. The zero-order valence-electron chi connectivity index (χ0n) is 24.6. The highest BCUT2D eigenvalue weighted by molar-refractivity contribution is 14.1. The van der Waals surface area contributed by atoms with Gasteiger partial charge in [0.25, 0.3) is 0 Å². The number of aromatic nitrogens is 1. The average molecular weight is 633 g/mol. The Labute approximate surface area is 239 Å². The highest BCUT2D eigenvalue weighted by atomic mass is 127. The van der Waals surface area contributed by atoms with Crippen molar-refractivity contribution in [3.63, 3.8) is 0 Å². The summed E-state index contributed by atoms with van der Waals surface area (Å²) >= 11 is 2.44. The lowest BCUT2D eigenvalue weighted by atomic mass is 9.74. The zero-order valence-corrected chi connectivity index (χ0v) is 27.7. The van der Waals surface area contributed by atoms with Crippen molar-refractivity contribution in [2.75, 3.05) is 0 Å². The summed E-state index contributed by atoms with van der Waals surface area (Å²) in [4.78, 5) is 5.26. The summed E-state index contributed by atoms with van der Waals surface area (Å²) in [5, 5.41) is 21.4. The van der Waals surface area contributed by atoms with Crippen molar-refractivity contribution in [3.8, 4) is 6.07 Å².